The first kappa shape index (κ1) is 12.1. The SMILES string of the molecule is COC1=C(CCl)C(=C=O)N(C)C(=O)C1Cl. The topological polar surface area (TPSA) is 46.6 Å². The molecule has 1 heterocycles. The van der Waals surface area contributed by atoms with Crippen molar-refractivity contribution in [2.75, 3.05) is 20.0 Å². The summed E-state index contributed by atoms with van der Waals surface area (Å²) >= 11 is 11.5. The molecule has 0 N–H and O–H groups in total. The lowest BCUT2D eigenvalue weighted by Gasteiger charge is -2.29. The first-order chi connectivity index (χ1) is 7.08. The van der Waals surface area contributed by atoms with Gasteiger partial charge in [0.15, 0.2) is 11.3 Å². The molecular weight excluding hydrogens is 241 g/mol. The fourth-order valence-corrected chi connectivity index (χ4v) is 1.98. The van der Waals surface area contributed by atoms with E-state index in [1.165, 1.54) is 14.2 Å². The van der Waals surface area contributed by atoms with Crippen LogP contribution in [-0.4, -0.2) is 42.2 Å². The molecule has 0 aromatic heterocycles. The molecule has 1 rings (SSSR count). The second kappa shape index (κ2) is 4.71. The summed E-state index contributed by atoms with van der Waals surface area (Å²) in [6, 6.07) is 0. The summed E-state index contributed by atoms with van der Waals surface area (Å²) in [6.07, 6.45) is 0. The molecule has 0 radical (unpaired) electrons. The molecule has 0 spiro atoms. The third-order valence-electron chi connectivity index (χ3n) is 2.15. The molecular formula is C9H9Cl2NO3. The van der Waals surface area contributed by atoms with E-state index in [0.29, 0.717) is 5.57 Å². The Morgan fingerprint density at radius 3 is 2.60 bits per heavy atom. The Morgan fingerprint density at radius 1 is 1.60 bits per heavy atom. The molecule has 1 unspecified atom stereocenters. The van der Waals surface area contributed by atoms with Gasteiger partial charge in [0.1, 0.15) is 11.5 Å². The van der Waals surface area contributed by atoms with Gasteiger partial charge in [-0.1, -0.05) is 0 Å². The van der Waals surface area contributed by atoms with Crippen molar-refractivity contribution < 1.29 is 14.3 Å². The van der Waals surface area contributed by atoms with Gasteiger partial charge in [-0.05, 0) is 0 Å². The fraction of sp³-hybridized carbons (Fsp3) is 0.444. The highest BCUT2D eigenvalue weighted by Crippen LogP contribution is 2.29. The van der Waals surface area contributed by atoms with Gasteiger partial charge in [0.25, 0.3) is 5.91 Å². The van der Waals surface area contributed by atoms with Crippen LogP contribution in [0.25, 0.3) is 0 Å². The van der Waals surface area contributed by atoms with Crippen LogP contribution < -0.4 is 0 Å². The van der Waals surface area contributed by atoms with Crippen molar-refractivity contribution in [1.29, 1.82) is 0 Å². The zero-order valence-electron chi connectivity index (χ0n) is 8.21. The van der Waals surface area contributed by atoms with Crippen LogP contribution in [0.2, 0.25) is 0 Å². The average molecular weight is 250 g/mol. The average Bonchev–Trinajstić information content (AvgIpc) is 2.25. The maximum atomic E-state index is 11.6. The number of hydrogen-bond acceptors (Lipinski definition) is 3. The third-order valence-corrected chi connectivity index (χ3v) is 2.80. The number of amides is 1. The number of hydrogen-bond donors (Lipinski definition) is 0. The Kier molecular flexibility index (Phi) is 3.80. The van der Waals surface area contributed by atoms with Crippen molar-refractivity contribution in [3.8, 4) is 0 Å². The summed E-state index contributed by atoms with van der Waals surface area (Å²) in [5.41, 5.74) is 0.472. The molecule has 1 aliphatic heterocycles. The molecule has 0 aromatic rings. The van der Waals surface area contributed by atoms with Crippen molar-refractivity contribution >= 4 is 35.1 Å². The Balaban J connectivity index is 3.38. The maximum Gasteiger partial charge on any atom is 0.253 e. The Morgan fingerprint density at radius 2 is 2.20 bits per heavy atom. The van der Waals surface area contributed by atoms with Crippen molar-refractivity contribution in [3.05, 3.63) is 17.0 Å². The van der Waals surface area contributed by atoms with E-state index in [1.807, 2.05) is 0 Å². The number of allylic oxidation sites excluding steroid dienone is 1. The summed E-state index contributed by atoms with van der Waals surface area (Å²) < 4.78 is 4.97. The predicted octanol–water partition coefficient (Wildman–Crippen LogP) is 0.921. The lowest BCUT2D eigenvalue weighted by molar-refractivity contribution is -0.128. The first-order valence-corrected chi connectivity index (χ1v) is 5.05. The summed E-state index contributed by atoms with van der Waals surface area (Å²) in [5.74, 6) is 1.48. The van der Waals surface area contributed by atoms with Crippen molar-refractivity contribution in [1.82, 2.24) is 4.90 Å². The highest BCUT2D eigenvalue weighted by Gasteiger charge is 2.36. The number of nitrogens with zero attached hydrogens (tertiary/aromatic N) is 1. The molecule has 4 nitrogen and oxygen atoms in total. The normalized spacial score (nSPS) is 21.9. The largest absolute Gasteiger partial charge is 0.499 e. The van der Waals surface area contributed by atoms with E-state index in [4.69, 9.17) is 27.9 Å². The minimum atomic E-state index is -0.939. The van der Waals surface area contributed by atoms with Gasteiger partial charge in [-0.25, -0.2) is 4.79 Å². The lowest BCUT2D eigenvalue weighted by atomic mass is 10.1. The monoisotopic (exact) mass is 249 g/mol. The van der Waals surface area contributed by atoms with E-state index in [-0.39, 0.29) is 17.3 Å². The summed E-state index contributed by atoms with van der Waals surface area (Å²) in [7, 11) is 2.81. The first-order valence-electron chi connectivity index (χ1n) is 4.08. The Labute approximate surface area is 97.1 Å². The Bertz CT molecular complexity index is 372. The molecule has 1 aliphatic rings. The standard InChI is InChI=1S/C9H9Cl2NO3/c1-12-6(4-13)5(3-10)8(15-2)7(11)9(12)14/h7H,3H2,1-2H3. The summed E-state index contributed by atoms with van der Waals surface area (Å²) in [5, 5.41) is -0.939. The van der Waals surface area contributed by atoms with Crippen LogP contribution in [0.4, 0.5) is 0 Å². The number of alkyl halides is 2. The van der Waals surface area contributed by atoms with Gasteiger partial charge in [-0.15, -0.1) is 23.2 Å². The molecule has 0 aliphatic carbocycles. The van der Waals surface area contributed by atoms with Crippen LogP contribution in [0, 0.1) is 0 Å². The highest BCUT2D eigenvalue weighted by atomic mass is 35.5. The van der Waals surface area contributed by atoms with Gasteiger partial charge in [-0.2, -0.15) is 0 Å². The number of carbonyl (C=O) groups is 1. The minimum absolute atomic E-state index is 0.0363. The van der Waals surface area contributed by atoms with Crippen LogP contribution in [0.1, 0.15) is 0 Å². The summed E-state index contributed by atoms with van der Waals surface area (Å²) in [4.78, 5) is 23.4. The number of rotatable bonds is 2. The quantitative estimate of drug-likeness (QED) is 0.540. The van der Waals surface area contributed by atoms with E-state index >= 15 is 0 Å². The molecule has 15 heavy (non-hydrogen) atoms. The second-order valence-electron chi connectivity index (χ2n) is 2.89. The summed E-state index contributed by atoms with van der Waals surface area (Å²) in [6.45, 7) is 0. The van der Waals surface area contributed by atoms with E-state index in [0.717, 1.165) is 4.90 Å². The van der Waals surface area contributed by atoms with Gasteiger partial charge < -0.3 is 9.64 Å². The number of methoxy groups -OCH3 is 1. The zero-order chi connectivity index (χ0) is 11.6. The van der Waals surface area contributed by atoms with Crippen molar-refractivity contribution in [2.45, 2.75) is 5.38 Å². The smallest absolute Gasteiger partial charge is 0.253 e. The van der Waals surface area contributed by atoms with Crippen molar-refractivity contribution in [2.24, 2.45) is 0 Å². The molecule has 0 fully saturated rings. The lowest BCUT2D eigenvalue weighted by Crippen LogP contribution is -2.40. The van der Waals surface area contributed by atoms with Crippen LogP contribution in [-0.2, 0) is 14.3 Å². The molecule has 1 atom stereocenters. The fourth-order valence-electron chi connectivity index (χ4n) is 1.35. The number of carbonyl (C=O) groups excluding carboxylic acids is 2. The van der Waals surface area contributed by atoms with Crippen LogP contribution >= 0.6 is 23.2 Å². The minimum Gasteiger partial charge on any atom is -0.499 e. The predicted molar refractivity (Wildman–Crippen MR) is 56.4 cm³/mol. The van der Waals surface area contributed by atoms with Gasteiger partial charge in [0, 0.05) is 12.6 Å². The molecule has 0 saturated heterocycles. The zero-order valence-corrected chi connectivity index (χ0v) is 9.72. The van der Waals surface area contributed by atoms with Gasteiger partial charge >= 0.3 is 0 Å². The van der Waals surface area contributed by atoms with Crippen LogP contribution in [0.5, 0.6) is 0 Å². The van der Waals surface area contributed by atoms with E-state index < -0.39 is 11.3 Å². The second-order valence-corrected chi connectivity index (χ2v) is 3.59. The molecule has 0 bridgehead atoms. The molecule has 82 valence electrons. The van der Waals surface area contributed by atoms with E-state index in [1.54, 1.807) is 5.94 Å². The van der Waals surface area contributed by atoms with E-state index in [2.05, 4.69) is 0 Å². The van der Waals surface area contributed by atoms with Gasteiger partial charge in [-0.3, -0.25) is 4.79 Å². The molecule has 6 heteroatoms. The maximum absolute atomic E-state index is 11.6. The van der Waals surface area contributed by atoms with Gasteiger partial charge in [0.2, 0.25) is 0 Å². The number of ether oxygens (including phenoxy) is 1. The number of likely N-dealkylation sites (N-methyl/N-ethyl adjacent to an activating group) is 1. The van der Waals surface area contributed by atoms with Crippen LogP contribution in [0.3, 0.4) is 0 Å². The van der Waals surface area contributed by atoms with Crippen LogP contribution in [0.15, 0.2) is 17.0 Å². The molecule has 0 aromatic carbocycles. The van der Waals surface area contributed by atoms with Gasteiger partial charge in [0.05, 0.1) is 13.0 Å². The highest BCUT2D eigenvalue weighted by molar-refractivity contribution is 6.33. The van der Waals surface area contributed by atoms with E-state index in [9.17, 15) is 9.59 Å². The Hall–Kier alpha value is -0.960. The molecule has 0 saturated carbocycles. The van der Waals surface area contributed by atoms with Crippen molar-refractivity contribution in [3.63, 3.8) is 0 Å². The molecule has 1 amide bonds. The number of halogens is 2. The third kappa shape index (κ3) is 1.88.